The summed E-state index contributed by atoms with van der Waals surface area (Å²) in [6.45, 7) is 3.97. The summed E-state index contributed by atoms with van der Waals surface area (Å²) in [5, 5.41) is 2.96. The first-order valence-corrected chi connectivity index (χ1v) is 9.16. The number of carbonyl (C=O) groups is 1. The Balaban J connectivity index is 1.34. The predicted molar refractivity (Wildman–Crippen MR) is 93.2 cm³/mol. The van der Waals surface area contributed by atoms with E-state index in [1.165, 1.54) is 6.07 Å². The minimum atomic E-state index is -0.230. The number of nitrogens with zero attached hydrogens (tertiary/aromatic N) is 1. The number of nitrogens with one attached hydrogen (secondary N) is 1. The Morgan fingerprint density at radius 2 is 2.33 bits per heavy atom. The summed E-state index contributed by atoms with van der Waals surface area (Å²) < 4.78 is 18.6. The van der Waals surface area contributed by atoms with Crippen LogP contribution in [0.3, 0.4) is 0 Å². The normalized spacial score (nSPS) is 19.2. The van der Waals surface area contributed by atoms with Crippen molar-refractivity contribution in [3.8, 4) is 0 Å². The molecule has 2 unspecified atom stereocenters. The first kappa shape index (κ1) is 17.0. The summed E-state index contributed by atoms with van der Waals surface area (Å²) in [6, 6.07) is 8.53. The molecule has 0 radical (unpaired) electrons. The van der Waals surface area contributed by atoms with Crippen molar-refractivity contribution >= 4 is 17.7 Å². The summed E-state index contributed by atoms with van der Waals surface area (Å²) in [4.78, 5) is 14.1. The fourth-order valence-corrected chi connectivity index (χ4v) is 3.32. The third-order valence-corrected chi connectivity index (χ3v) is 5.05. The van der Waals surface area contributed by atoms with Crippen molar-refractivity contribution in [2.24, 2.45) is 0 Å². The third-order valence-electron chi connectivity index (χ3n) is 4.07. The fraction of sp³-hybridized carbons (Fsp3) is 0.389. The van der Waals surface area contributed by atoms with E-state index in [1.807, 2.05) is 24.0 Å². The van der Waals surface area contributed by atoms with Gasteiger partial charge in [-0.25, -0.2) is 4.39 Å². The Morgan fingerprint density at radius 1 is 1.46 bits per heavy atom. The Morgan fingerprint density at radius 3 is 3.12 bits per heavy atom. The highest BCUT2D eigenvalue weighted by atomic mass is 32.2. The van der Waals surface area contributed by atoms with Gasteiger partial charge in [-0.2, -0.15) is 11.8 Å². The van der Waals surface area contributed by atoms with Gasteiger partial charge in [-0.1, -0.05) is 6.07 Å². The zero-order valence-electron chi connectivity index (χ0n) is 13.6. The highest BCUT2D eigenvalue weighted by Crippen LogP contribution is 2.23. The van der Waals surface area contributed by atoms with Gasteiger partial charge >= 0.3 is 0 Å². The van der Waals surface area contributed by atoms with E-state index < -0.39 is 0 Å². The second-order valence-corrected chi connectivity index (χ2v) is 7.04. The maximum Gasteiger partial charge on any atom is 0.238 e. The van der Waals surface area contributed by atoms with Gasteiger partial charge in [-0.05, 0) is 42.3 Å². The monoisotopic (exact) mass is 348 g/mol. The van der Waals surface area contributed by atoms with Crippen molar-refractivity contribution in [3.05, 3.63) is 59.3 Å². The van der Waals surface area contributed by atoms with Gasteiger partial charge in [-0.15, -0.1) is 0 Å². The molecule has 1 aromatic heterocycles. The standard InChI is InChI=1S/C18H21FN2O2S/c1-13-4-5-15(19)9-14(13)10-21-11-17(21)18(22)20-6-8-24-12-16-3-2-7-23-16/h2-5,7,9,17H,6,8,10-12H2,1H3,(H,20,22). The lowest BCUT2D eigenvalue weighted by Gasteiger charge is -2.08. The molecule has 1 saturated heterocycles. The summed E-state index contributed by atoms with van der Waals surface area (Å²) in [7, 11) is 0. The molecule has 6 heteroatoms. The number of thioether (sulfide) groups is 1. The Hall–Kier alpha value is -1.79. The molecular weight excluding hydrogens is 327 g/mol. The summed E-state index contributed by atoms with van der Waals surface area (Å²) in [5.74, 6) is 2.44. The smallest absolute Gasteiger partial charge is 0.238 e. The van der Waals surface area contributed by atoms with Gasteiger partial charge in [0.25, 0.3) is 0 Å². The highest BCUT2D eigenvalue weighted by Gasteiger charge is 2.40. The molecule has 4 nitrogen and oxygen atoms in total. The van der Waals surface area contributed by atoms with Gasteiger partial charge in [0.05, 0.1) is 12.0 Å². The van der Waals surface area contributed by atoms with Crippen LogP contribution in [0.15, 0.2) is 41.0 Å². The topological polar surface area (TPSA) is 45.2 Å². The molecule has 1 N–H and O–H groups in total. The van der Waals surface area contributed by atoms with Crippen LogP contribution in [0.25, 0.3) is 0 Å². The van der Waals surface area contributed by atoms with E-state index in [1.54, 1.807) is 30.2 Å². The van der Waals surface area contributed by atoms with Crippen LogP contribution in [0.5, 0.6) is 0 Å². The zero-order chi connectivity index (χ0) is 16.9. The van der Waals surface area contributed by atoms with Gasteiger partial charge in [0.15, 0.2) is 0 Å². The van der Waals surface area contributed by atoms with Crippen molar-refractivity contribution in [3.63, 3.8) is 0 Å². The van der Waals surface area contributed by atoms with Crippen LogP contribution in [0.2, 0.25) is 0 Å². The molecule has 2 atom stereocenters. The molecule has 24 heavy (non-hydrogen) atoms. The molecule has 3 rings (SSSR count). The molecule has 0 aliphatic carbocycles. The van der Waals surface area contributed by atoms with E-state index in [0.29, 0.717) is 13.1 Å². The lowest BCUT2D eigenvalue weighted by atomic mass is 10.1. The molecule has 0 bridgehead atoms. The summed E-state index contributed by atoms with van der Waals surface area (Å²) in [5.41, 5.74) is 2.00. The molecule has 1 aromatic carbocycles. The number of rotatable bonds is 8. The van der Waals surface area contributed by atoms with E-state index in [4.69, 9.17) is 4.42 Å². The minimum Gasteiger partial charge on any atom is -0.468 e. The van der Waals surface area contributed by atoms with Crippen molar-refractivity contribution in [2.75, 3.05) is 18.8 Å². The second kappa shape index (κ2) is 7.85. The van der Waals surface area contributed by atoms with Crippen molar-refractivity contribution in [1.82, 2.24) is 10.2 Å². The summed E-state index contributed by atoms with van der Waals surface area (Å²) in [6.07, 6.45) is 1.67. The van der Waals surface area contributed by atoms with Crippen LogP contribution in [-0.4, -0.2) is 35.7 Å². The van der Waals surface area contributed by atoms with Crippen LogP contribution in [0, 0.1) is 12.7 Å². The van der Waals surface area contributed by atoms with Crippen LogP contribution in [0.1, 0.15) is 16.9 Å². The molecule has 1 aliphatic heterocycles. The van der Waals surface area contributed by atoms with E-state index in [-0.39, 0.29) is 17.8 Å². The van der Waals surface area contributed by atoms with Crippen LogP contribution < -0.4 is 5.32 Å². The Labute approximate surface area is 145 Å². The molecular formula is C18H21FN2O2S. The Bertz CT molecular complexity index is 690. The molecule has 0 spiro atoms. The first-order valence-electron chi connectivity index (χ1n) is 8.00. The van der Waals surface area contributed by atoms with E-state index in [9.17, 15) is 9.18 Å². The van der Waals surface area contributed by atoms with Gasteiger partial charge in [-0.3, -0.25) is 9.69 Å². The van der Waals surface area contributed by atoms with Gasteiger partial charge in [0.1, 0.15) is 17.6 Å². The first-order chi connectivity index (χ1) is 11.6. The second-order valence-electron chi connectivity index (χ2n) is 5.94. The molecule has 1 aliphatic rings. The van der Waals surface area contributed by atoms with E-state index >= 15 is 0 Å². The van der Waals surface area contributed by atoms with Gasteiger partial charge in [0.2, 0.25) is 5.91 Å². The lowest BCUT2D eigenvalue weighted by Crippen LogP contribution is -2.31. The quantitative estimate of drug-likeness (QED) is 0.588. The lowest BCUT2D eigenvalue weighted by molar-refractivity contribution is -0.121. The molecule has 0 saturated carbocycles. The fourth-order valence-electron chi connectivity index (χ4n) is 2.56. The largest absolute Gasteiger partial charge is 0.468 e. The number of amides is 1. The maximum atomic E-state index is 13.3. The Kier molecular flexibility index (Phi) is 5.58. The van der Waals surface area contributed by atoms with Crippen LogP contribution in [0.4, 0.5) is 4.39 Å². The van der Waals surface area contributed by atoms with Crippen molar-refractivity contribution < 1.29 is 13.6 Å². The highest BCUT2D eigenvalue weighted by molar-refractivity contribution is 7.98. The van der Waals surface area contributed by atoms with Crippen molar-refractivity contribution in [1.29, 1.82) is 0 Å². The number of hydrogen-bond acceptors (Lipinski definition) is 4. The van der Waals surface area contributed by atoms with E-state index in [2.05, 4.69) is 5.32 Å². The molecule has 1 fully saturated rings. The number of hydrogen-bond donors (Lipinski definition) is 1. The number of furan rings is 1. The van der Waals surface area contributed by atoms with E-state index in [0.717, 1.165) is 34.9 Å². The molecule has 1 amide bonds. The molecule has 2 aromatic rings. The van der Waals surface area contributed by atoms with Crippen LogP contribution >= 0.6 is 11.8 Å². The number of benzene rings is 1. The third kappa shape index (κ3) is 4.61. The molecule has 2 heterocycles. The van der Waals surface area contributed by atoms with Gasteiger partial charge in [0, 0.05) is 25.4 Å². The molecule has 128 valence electrons. The number of carbonyl (C=O) groups excluding carboxylic acids is 1. The zero-order valence-corrected chi connectivity index (χ0v) is 14.4. The maximum absolute atomic E-state index is 13.3. The SMILES string of the molecule is Cc1ccc(F)cc1CN1CC1C(=O)NCCSCc1ccco1. The predicted octanol–water partition coefficient (Wildman–Crippen LogP) is 2.96. The number of halogens is 1. The average Bonchev–Trinajstić information content (AvgIpc) is 3.13. The van der Waals surface area contributed by atoms with Crippen LogP contribution in [-0.2, 0) is 17.1 Å². The van der Waals surface area contributed by atoms with Crippen molar-refractivity contribution in [2.45, 2.75) is 25.3 Å². The average molecular weight is 348 g/mol. The minimum absolute atomic E-state index is 0.0580. The number of aryl methyl sites for hydroxylation is 1. The van der Waals surface area contributed by atoms with Gasteiger partial charge < -0.3 is 9.73 Å². The summed E-state index contributed by atoms with van der Waals surface area (Å²) >= 11 is 1.73.